The Bertz CT molecular complexity index is 238. The zero-order valence-corrected chi connectivity index (χ0v) is 10.1. The Hall–Kier alpha value is -0.260. The van der Waals surface area contributed by atoms with Crippen molar-refractivity contribution in [2.24, 2.45) is 29.6 Å². The summed E-state index contributed by atoms with van der Waals surface area (Å²) in [5.41, 5.74) is 1.64. The smallest absolute Gasteiger partial charge is 0.0197 e. The number of allylic oxidation sites excluding steroid dienone is 2. The van der Waals surface area contributed by atoms with Gasteiger partial charge in [-0.3, -0.25) is 0 Å². The number of hydrogen-bond acceptors (Lipinski definition) is 0. The second-order valence-electron chi connectivity index (χ2n) is 5.85. The summed E-state index contributed by atoms with van der Waals surface area (Å²) in [7, 11) is 0. The SMILES string of the molecule is CC1=CC2CCC(C)C(C)C2C(C)C1. The molecule has 0 aromatic carbocycles. The highest BCUT2D eigenvalue weighted by Gasteiger charge is 2.38. The predicted octanol–water partition coefficient (Wildman–Crippen LogP) is 4.27. The Labute approximate surface area is 88.8 Å². The van der Waals surface area contributed by atoms with E-state index >= 15 is 0 Å². The maximum absolute atomic E-state index is 2.58. The molecule has 14 heavy (non-hydrogen) atoms. The standard InChI is InChI=1S/C14H24/c1-9-7-11(3)14-12(4)10(2)5-6-13(14)8-9/h8,10-14H,5-7H2,1-4H3. The zero-order chi connectivity index (χ0) is 10.3. The molecule has 0 aromatic rings. The van der Waals surface area contributed by atoms with Crippen molar-refractivity contribution >= 4 is 0 Å². The fourth-order valence-corrected chi connectivity index (χ4v) is 3.89. The molecule has 5 unspecified atom stereocenters. The molecule has 0 bridgehead atoms. The average molecular weight is 192 g/mol. The first-order valence-electron chi connectivity index (χ1n) is 6.27. The molecule has 0 aromatic heterocycles. The lowest BCUT2D eigenvalue weighted by atomic mass is 9.60. The van der Waals surface area contributed by atoms with Gasteiger partial charge in [0.25, 0.3) is 0 Å². The quantitative estimate of drug-likeness (QED) is 0.503. The van der Waals surface area contributed by atoms with Crippen molar-refractivity contribution in [3.63, 3.8) is 0 Å². The maximum Gasteiger partial charge on any atom is -0.0197 e. The van der Waals surface area contributed by atoms with Crippen LogP contribution in [-0.4, -0.2) is 0 Å². The Kier molecular flexibility index (Phi) is 2.72. The first-order chi connectivity index (χ1) is 6.59. The third kappa shape index (κ3) is 1.64. The minimum atomic E-state index is 0.907. The van der Waals surface area contributed by atoms with E-state index in [2.05, 4.69) is 33.8 Å². The van der Waals surface area contributed by atoms with Crippen molar-refractivity contribution in [1.82, 2.24) is 0 Å². The van der Waals surface area contributed by atoms with E-state index in [4.69, 9.17) is 0 Å². The van der Waals surface area contributed by atoms with Crippen LogP contribution >= 0.6 is 0 Å². The van der Waals surface area contributed by atoms with Crippen molar-refractivity contribution in [2.75, 3.05) is 0 Å². The van der Waals surface area contributed by atoms with Crippen molar-refractivity contribution in [1.29, 1.82) is 0 Å². The lowest BCUT2D eigenvalue weighted by Gasteiger charge is -2.45. The lowest BCUT2D eigenvalue weighted by molar-refractivity contribution is 0.0821. The Balaban J connectivity index is 2.21. The van der Waals surface area contributed by atoms with Gasteiger partial charge in [-0.2, -0.15) is 0 Å². The summed E-state index contributed by atoms with van der Waals surface area (Å²) in [6.45, 7) is 9.70. The molecular formula is C14H24. The molecule has 2 aliphatic rings. The molecule has 80 valence electrons. The van der Waals surface area contributed by atoms with Crippen LogP contribution in [-0.2, 0) is 0 Å². The van der Waals surface area contributed by atoms with Gasteiger partial charge in [0.2, 0.25) is 0 Å². The maximum atomic E-state index is 2.58. The number of fused-ring (bicyclic) bond motifs is 1. The molecular weight excluding hydrogens is 168 g/mol. The van der Waals surface area contributed by atoms with E-state index in [0.29, 0.717) is 0 Å². The molecule has 0 spiro atoms. The van der Waals surface area contributed by atoms with Crippen LogP contribution < -0.4 is 0 Å². The summed E-state index contributed by atoms with van der Waals surface area (Å²) in [6, 6.07) is 0. The summed E-state index contributed by atoms with van der Waals surface area (Å²) in [4.78, 5) is 0. The van der Waals surface area contributed by atoms with Gasteiger partial charge < -0.3 is 0 Å². The Morgan fingerprint density at radius 1 is 1.07 bits per heavy atom. The molecule has 5 atom stereocenters. The molecule has 0 N–H and O–H groups in total. The minimum Gasteiger partial charge on any atom is -0.0822 e. The van der Waals surface area contributed by atoms with Crippen LogP contribution in [0.5, 0.6) is 0 Å². The van der Waals surface area contributed by atoms with Crippen LogP contribution in [0.1, 0.15) is 47.0 Å². The molecule has 2 rings (SSSR count). The molecule has 0 amide bonds. The zero-order valence-electron chi connectivity index (χ0n) is 10.1. The van der Waals surface area contributed by atoms with Gasteiger partial charge in [-0.25, -0.2) is 0 Å². The van der Waals surface area contributed by atoms with Crippen molar-refractivity contribution in [3.05, 3.63) is 11.6 Å². The van der Waals surface area contributed by atoms with Crippen molar-refractivity contribution in [3.8, 4) is 0 Å². The van der Waals surface area contributed by atoms with Crippen LogP contribution in [0.4, 0.5) is 0 Å². The van der Waals surface area contributed by atoms with Gasteiger partial charge in [0.1, 0.15) is 0 Å². The molecule has 0 radical (unpaired) electrons. The Morgan fingerprint density at radius 2 is 1.79 bits per heavy atom. The van der Waals surface area contributed by atoms with Crippen LogP contribution in [0.15, 0.2) is 11.6 Å². The van der Waals surface area contributed by atoms with E-state index in [0.717, 1.165) is 29.6 Å². The molecule has 1 fully saturated rings. The highest BCUT2D eigenvalue weighted by Crippen LogP contribution is 2.47. The van der Waals surface area contributed by atoms with Crippen LogP contribution in [0.25, 0.3) is 0 Å². The van der Waals surface area contributed by atoms with E-state index in [-0.39, 0.29) is 0 Å². The molecule has 0 nitrogen and oxygen atoms in total. The molecule has 0 aliphatic heterocycles. The first kappa shape index (κ1) is 10.3. The molecule has 2 aliphatic carbocycles. The second-order valence-corrected chi connectivity index (χ2v) is 5.85. The van der Waals surface area contributed by atoms with E-state index < -0.39 is 0 Å². The van der Waals surface area contributed by atoms with Gasteiger partial charge in [0.05, 0.1) is 0 Å². The third-order valence-electron chi connectivity index (χ3n) is 4.75. The summed E-state index contributed by atoms with van der Waals surface area (Å²) in [5, 5.41) is 0. The minimum absolute atomic E-state index is 0.907. The summed E-state index contributed by atoms with van der Waals surface area (Å²) in [6.07, 6.45) is 6.81. The molecule has 0 heteroatoms. The number of rotatable bonds is 0. The van der Waals surface area contributed by atoms with Crippen molar-refractivity contribution < 1.29 is 0 Å². The molecule has 1 saturated carbocycles. The fourth-order valence-electron chi connectivity index (χ4n) is 3.89. The van der Waals surface area contributed by atoms with Gasteiger partial charge in [-0.05, 0) is 55.8 Å². The van der Waals surface area contributed by atoms with E-state index in [1.807, 2.05) is 0 Å². The monoisotopic (exact) mass is 192 g/mol. The topological polar surface area (TPSA) is 0 Å². The summed E-state index contributed by atoms with van der Waals surface area (Å²) < 4.78 is 0. The number of hydrogen-bond donors (Lipinski definition) is 0. The van der Waals surface area contributed by atoms with E-state index in [1.165, 1.54) is 19.3 Å². The van der Waals surface area contributed by atoms with Gasteiger partial charge in [0, 0.05) is 0 Å². The van der Waals surface area contributed by atoms with Crippen LogP contribution in [0.2, 0.25) is 0 Å². The van der Waals surface area contributed by atoms with Gasteiger partial charge in [-0.15, -0.1) is 0 Å². The van der Waals surface area contributed by atoms with Gasteiger partial charge in [0.15, 0.2) is 0 Å². The first-order valence-corrected chi connectivity index (χ1v) is 6.27. The van der Waals surface area contributed by atoms with E-state index in [1.54, 1.807) is 5.57 Å². The van der Waals surface area contributed by atoms with Crippen molar-refractivity contribution in [2.45, 2.75) is 47.0 Å². The highest BCUT2D eigenvalue weighted by molar-refractivity contribution is 5.11. The van der Waals surface area contributed by atoms with Crippen LogP contribution in [0, 0.1) is 29.6 Å². The molecule has 0 heterocycles. The van der Waals surface area contributed by atoms with Gasteiger partial charge in [-0.1, -0.05) is 32.4 Å². The third-order valence-corrected chi connectivity index (χ3v) is 4.75. The average Bonchev–Trinajstić information content (AvgIpc) is 2.10. The van der Waals surface area contributed by atoms with E-state index in [9.17, 15) is 0 Å². The van der Waals surface area contributed by atoms with Gasteiger partial charge >= 0.3 is 0 Å². The summed E-state index contributed by atoms with van der Waals surface area (Å²) >= 11 is 0. The summed E-state index contributed by atoms with van der Waals surface area (Å²) in [5.74, 6) is 4.69. The predicted molar refractivity (Wildman–Crippen MR) is 62.1 cm³/mol. The van der Waals surface area contributed by atoms with Crippen LogP contribution in [0.3, 0.4) is 0 Å². The lowest BCUT2D eigenvalue weighted by Crippen LogP contribution is -2.37. The highest BCUT2D eigenvalue weighted by atomic mass is 14.4. The Morgan fingerprint density at radius 3 is 2.50 bits per heavy atom. The normalized spacial score (nSPS) is 48.3. The second kappa shape index (κ2) is 3.72. The molecule has 0 saturated heterocycles. The fraction of sp³-hybridized carbons (Fsp3) is 0.857. The largest absolute Gasteiger partial charge is 0.0822 e.